The fourth-order valence-electron chi connectivity index (χ4n) is 4.10. The van der Waals surface area contributed by atoms with E-state index in [1.807, 2.05) is 0 Å². The molecule has 0 bridgehead atoms. The van der Waals surface area contributed by atoms with E-state index in [2.05, 4.69) is 16.0 Å². The van der Waals surface area contributed by atoms with E-state index >= 15 is 0 Å². The molecule has 8 nitrogen and oxygen atoms in total. The van der Waals surface area contributed by atoms with Gasteiger partial charge in [-0.1, -0.05) is 12.8 Å². The Morgan fingerprint density at radius 1 is 1.00 bits per heavy atom. The van der Waals surface area contributed by atoms with Crippen LogP contribution in [0.25, 0.3) is 0 Å². The van der Waals surface area contributed by atoms with Gasteiger partial charge in [-0.25, -0.2) is 0 Å². The second-order valence-corrected chi connectivity index (χ2v) is 7.59. The minimum absolute atomic E-state index is 0.116. The average Bonchev–Trinajstić information content (AvgIpc) is 2.86. The first-order valence-corrected chi connectivity index (χ1v) is 9.87. The predicted octanol–water partition coefficient (Wildman–Crippen LogP) is 1.03. The number of hydrogen-bond acceptors (Lipinski definition) is 6. The van der Waals surface area contributed by atoms with Gasteiger partial charge in [0.05, 0.1) is 11.1 Å². The van der Waals surface area contributed by atoms with Crippen LogP contribution < -0.4 is 16.0 Å². The minimum Gasteiger partial charge on any atom is -0.383 e. The van der Waals surface area contributed by atoms with Crippen molar-refractivity contribution < 1.29 is 19.2 Å². The van der Waals surface area contributed by atoms with Gasteiger partial charge in [-0.2, -0.15) is 0 Å². The summed E-state index contributed by atoms with van der Waals surface area (Å²) < 4.78 is 0. The van der Waals surface area contributed by atoms with Gasteiger partial charge in [0.25, 0.3) is 11.8 Å². The highest BCUT2D eigenvalue weighted by atomic mass is 16.2. The lowest BCUT2D eigenvalue weighted by atomic mass is 10.0. The first kappa shape index (κ1) is 18.6. The minimum atomic E-state index is -0.934. The topological polar surface area (TPSA) is 108 Å². The molecule has 3 aliphatic heterocycles. The monoisotopic (exact) mass is 384 g/mol. The van der Waals surface area contributed by atoms with E-state index in [1.54, 1.807) is 18.2 Å². The van der Waals surface area contributed by atoms with Crippen molar-refractivity contribution >= 4 is 29.3 Å². The number of amides is 4. The van der Waals surface area contributed by atoms with Crippen LogP contribution in [-0.4, -0.2) is 53.7 Å². The average molecular weight is 384 g/mol. The van der Waals surface area contributed by atoms with Crippen molar-refractivity contribution in [1.82, 2.24) is 15.5 Å². The van der Waals surface area contributed by atoms with E-state index in [1.165, 1.54) is 19.3 Å². The van der Waals surface area contributed by atoms with Crippen molar-refractivity contribution in [1.29, 1.82) is 0 Å². The zero-order valence-electron chi connectivity index (χ0n) is 15.6. The molecule has 2 unspecified atom stereocenters. The van der Waals surface area contributed by atoms with Crippen LogP contribution in [0, 0.1) is 0 Å². The lowest BCUT2D eigenvalue weighted by Gasteiger charge is -2.27. The van der Waals surface area contributed by atoms with Crippen LogP contribution in [0.2, 0.25) is 0 Å². The lowest BCUT2D eigenvalue weighted by Crippen LogP contribution is -2.54. The van der Waals surface area contributed by atoms with Crippen LogP contribution in [0.15, 0.2) is 18.2 Å². The zero-order valence-corrected chi connectivity index (χ0v) is 15.6. The highest BCUT2D eigenvalue weighted by molar-refractivity contribution is 6.23. The molecule has 4 rings (SSSR count). The van der Waals surface area contributed by atoms with Crippen molar-refractivity contribution in [2.45, 2.75) is 50.6 Å². The fourth-order valence-corrected chi connectivity index (χ4v) is 4.10. The van der Waals surface area contributed by atoms with Crippen LogP contribution in [0.5, 0.6) is 0 Å². The molecule has 1 aromatic rings. The van der Waals surface area contributed by atoms with E-state index in [-0.39, 0.29) is 18.7 Å². The molecule has 2 fully saturated rings. The Hall–Kier alpha value is -2.74. The van der Waals surface area contributed by atoms with Crippen molar-refractivity contribution in [3.05, 3.63) is 29.3 Å². The second-order valence-electron chi connectivity index (χ2n) is 7.59. The second kappa shape index (κ2) is 7.71. The number of hydrogen-bond donors (Lipinski definition) is 3. The highest BCUT2D eigenvalue weighted by Gasteiger charge is 2.44. The first-order valence-electron chi connectivity index (χ1n) is 9.87. The molecule has 148 valence electrons. The Bertz CT molecular complexity index is 829. The lowest BCUT2D eigenvalue weighted by molar-refractivity contribution is -0.136. The van der Waals surface area contributed by atoms with Gasteiger partial charge in [0.2, 0.25) is 11.8 Å². The Kier molecular flexibility index (Phi) is 5.13. The largest absolute Gasteiger partial charge is 0.383 e. The fraction of sp³-hybridized carbons (Fsp3) is 0.500. The molecule has 1 aromatic carbocycles. The smallest absolute Gasteiger partial charge is 0.262 e. The molecule has 28 heavy (non-hydrogen) atoms. The number of benzene rings is 1. The maximum absolute atomic E-state index is 12.8. The van der Waals surface area contributed by atoms with Crippen LogP contribution in [-0.2, 0) is 9.59 Å². The van der Waals surface area contributed by atoms with Crippen molar-refractivity contribution in [2.24, 2.45) is 0 Å². The van der Waals surface area contributed by atoms with Crippen LogP contribution >= 0.6 is 0 Å². The molecule has 0 aliphatic carbocycles. The van der Waals surface area contributed by atoms with E-state index in [0.29, 0.717) is 17.2 Å². The molecule has 0 radical (unpaired) electrons. The molecule has 0 spiro atoms. The van der Waals surface area contributed by atoms with Crippen molar-refractivity contribution in [3.63, 3.8) is 0 Å². The van der Waals surface area contributed by atoms with Gasteiger partial charge in [0, 0.05) is 24.7 Å². The van der Waals surface area contributed by atoms with Gasteiger partial charge < -0.3 is 10.6 Å². The number of rotatable bonds is 4. The number of nitrogens with one attached hydrogen (secondary N) is 3. The molecule has 3 aliphatic rings. The number of imide groups is 2. The number of fused-ring (bicyclic) bond motifs is 1. The van der Waals surface area contributed by atoms with Crippen molar-refractivity contribution in [2.75, 3.05) is 18.4 Å². The summed E-state index contributed by atoms with van der Waals surface area (Å²) in [5.74, 6) is -1.93. The highest BCUT2D eigenvalue weighted by Crippen LogP contribution is 2.29. The summed E-state index contributed by atoms with van der Waals surface area (Å²) in [5, 5.41) is 9.07. The number of piperidine rings is 1. The Labute approximate surface area is 163 Å². The van der Waals surface area contributed by atoms with Gasteiger partial charge in [0.1, 0.15) is 6.04 Å². The van der Waals surface area contributed by atoms with Crippen LogP contribution in [0.1, 0.15) is 59.2 Å². The van der Waals surface area contributed by atoms with Gasteiger partial charge >= 0.3 is 0 Å². The SMILES string of the molecule is O=C1CCC(N2C(=O)c3ccc(NCC4CCCCCN4)cc3C2=O)C(=O)N1. The standard InChI is InChI=1S/C20H24N4O4/c25-17-8-7-16(18(26)23-17)24-19(27)14-6-5-12(10-15(14)20(24)28)22-11-13-4-2-1-3-9-21-13/h5-6,10,13,16,21-22H,1-4,7-9,11H2,(H,23,25,26). The first-order chi connectivity index (χ1) is 13.5. The Morgan fingerprint density at radius 3 is 2.64 bits per heavy atom. The summed E-state index contributed by atoms with van der Waals surface area (Å²) in [7, 11) is 0. The van der Waals surface area contributed by atoms with E-state index < -0.39 is 23.8 Å². The Balaban J connectivity index is 1.47. The molecule has 2 atom stereocenters. The summed E-state index contributed by atoms with van der Waals surface area (Å²) in [6, 6.07) is 4.54. The molecule has 3 heterocycles. The maximum Gasteiger partial charge on any atom is 0.262 e. The van der Waals surface area contributed by atoms with Gasteiger partial charge in [0.15, 0.2) is 0 Å². The molecule has 0 aromatic heterocycles. The third kappa shape index (κ3) is 3.52. The quantitative estimate of drug-likeness (QED) is 0.670. The van der Waals surface area contributed by atoms with E-state index in [0.717, 1.165) is 30.1 Å². The predicted molar refractivity (Wildman–Crippen MR) is 102 cm³/mol. The molecule has 8 heteroatoms. The third-order valence-corrected chi connectivity index (χ3v) is 5.65. The molecular weight excluding hydrogens is 360 g/mol. The molecule has 0 saturated carbocycles. The van der Waals surface area contributed by atoms with Gasteiger partial charge in [-0.05, 0) is 44.0 Å². The van der Waals surface area contributed by atoms with E-state index in [4.69, 9.17) is 0 Å². The van der Waals surface area contributed by atoms with Crippen molar-refractivity contribution in [3.8, 4) is 0 Å². The summed E-state index contributed by atoms with van der Waals surface area (Å²) in [6.45, 7) is 1.77. The zero-order chi connectivity index (χ0) is 19.7. The number of anilines is 1. The molecule has 2 saturated heterocycles. The molecular formula is C20H24N4O4. The summed E-state index contributed by atoms with van der Waals surface area (Å²) in [4.78, 5) is 50.0. The van der Waals surface area contributed by atoms with Gasteiger partial charge in [-0.15, -0.1) is 0 Å². The number of nitrogens with zero attached hydrogens (tertiary/aromatic N) is 1. The molecule has 3 N–H and O–H groups in total. The van der Waals surface area contributed by atoms with Crippen LogP contribution in [0.3, 0.4) is 0 Å². The molecule has 4 amide bonds. The normalized spacial score (nSPS) is 25.4. The Morgan fingerprint density at radius 2 is 1.82 bits per heavy atom. The summed E-state index contributed by atoms with van der Waals surface area (Å²) >= 11 is 0. The summed E-state index contributed by atoms with van der Waals surface area (Å²) in [6.07, 6.45) is 5.03. The number of carbonyl (C=O) groups excluding carboxylic acids is 4. The summed E-state index contributed by atoms with van der Waals surface area (Å²) in [5.41, 5.74) is 1.37. The third-order valence-electron chi connectivity index (χ3n) is 5.65. The maximum atomic E-state index is 12.8. The van der Waals surface area contributed by atoms with Crippen LogP contribution in [0.4, 0.5) is 5.69 Å². The van der Waals surface area contributed by atoms with Gasteiger partial charge in [-0.3, -0.25) is 29.4 Å². The van der Waals surface area contributed by atoms with E-state index in [9.17, 15) is 19.2 Å². The number of carbonyl (C=O) groups is 4.